The molecule has 5 nitrogen and oxygen atoms in total. The quantitative estimate of drug-likeness (QED) is 0.882. The Morgan fingerprint density at radius 3 is 2.20 bits per heavy atom. The highest BCUT2D eigenvalue weighted by molar-refractivity contribution is 5.94. The van der Waals surface area contributed by atoms with Gasteiger partial charge in [0.1, 0.15) is 0 Å². The number of aliphatic hydroxyl groups is 1. The average molecular weight is 276 g/mol. The van der Waals surface area contributed by atoms with E-state index in [0.717, 1.165) is 0 Å². The molecule has 1 saturated heterocycles. The Bertz CT molecular complexity index is 453. The maximum atomic E-state index is 12.2. The number of rotatable bonds is 4. The zero-order valence-electron chi connectivity index (χ0n) is 11.5. The van der Waals surface area contributed by atoms with Gasteiger partial charge in [-0.25, -0.2) is 0 Å². The van der Waals surface area contributed by atoms with E-state index in [1.54, 1.807) is 21.9 Å². The zero-order chi connectivity index (χ0) is 14.4. The van der Waals surface area contributed by atoms with Gasteiger partial charge in [-0.2, -0.15) is 0 Å². The molecule has 1 N–H and O–H groups in total. The highest BCUT2D eigenvalue weighted by Gasteiger charge is 2.24. The van der Waals surface area contributed by atoms with Crippen LogP contribution in [0.4, 0.5) is 0 Å². The molecular formula is C15H20N2O3. The van der Waals surface area contributed by atoms with Crippen molar-refractivity contribution in [1.29, 1.82) is 0 Å². The van der Waals surface area contributed by atoms with Crippen molar-refractivity contribution < 1.29 is 14.7 Å². The van der Waals surface area contributed by atoms with Crippen molar-refractivity contribution in [3.05, 3.63) is 35.9 Å². The van der Waals surface area contributed by atoms with Crippen molar-refractivity contribution in [3.63, 3.8) is 0 Å². The van der Waals surface area contributed by atoms with Gasteiger partial charge in [-0.1, -0.05) is 18.2 Å². The lowest BCUT2D eigenvalue weighted by Gasteiger charge is -2.34. The van der Waals surface area contributed by atoms with Gasteiger partial charge in [0.05, 0.1) is 0 Å². The summed E-state index contributed by atoms with van der Waals surface area (Å²) in [6.07, 6.45) is 0.880. The van der Waals surface area contributed by atoms with Gasteiger partial charge in [-0.15, -0.1) is 0 Å². The van der Waals surface area contributed by atoms with Gasteiger partial charge in [0.2, 0.25) is 5.91 Å². The van der Waals surface area contributed by atoms with Crippen LogP contribution in [0.2, 0.25) is 0 Å². The van der Waals surface area contributed by atoms with Crippen molar-refractivity contribution in [2.45, 2.75) is 12.8 Å². The second-order valence-corrected chi connectivity index (χ2v) is 4.87. The van der Waals surface area contributed by atoms with E-state index in [2.05, 4.69) is 0 Å². The first kappa shape index (κ1) is 14.5. The van der Waals surface area contributed by atoms with Crippen molar-refractivity contribution in [2.24, 2.45) is 0 Å². The number of benzene rings is 1. The van der Waals surface area contributed by atoms with Crippen molar-refractivity contribution in [2.75, 3.05) is 32.8 Å². The van der Waals surface area contributed by atoms with E-state index in [1.807, 2.05) is 18.2 Å². The third kappa shape index (κ3) is 3.57. The van der Waals surface area contributed by atoms with E-state index in [4.69, 9.17) is 5.11 Å². The lowest BCUT2D eigenvalue weighted by atomic mass is 10.1. The van der Waals surface area contributed by atoms with Crippen LogP contribution in [0, 0.1) is 0 Å². The number of hydrogen-bond acceptors (Lipinski definition) is 3. The molecule has 0 spiro atoms. The average Bonchev–Trinajstić information content (AvgIpc) is 2.53. The van der Waals surface area contributed by atoms with Gasteiger partial charge in [0, 0.05) is 44.8 Å². The fourth-order valence-electron chi connectivity index (χ4n) is 2.31. The molecule has 0 unspecified atom stereocenters. The number of carbonyl (C=O) groups is 2. The maximum absolute atomic E-state index is 12.2. The third-order valence-corrected chi connectivity index (χ3v) is 3.49. The largest absolute Gasteiger partial charge is 0.396 e. The van der Waals surface area contributed by atoms with Crippen molar-refractivity contribution in [3.8, 4) is 0 Å². The molecule has 0 bridgehead atoms. The second-order valence-electron chi connectivity index (χ2n) is 4.87. The fraction of sp³-hybridized carbons (Fsp3) is 0.467. The summed E-state index contributed by atoms with van der Waals surface area (Å²) in [6.45, 7) is 2.32. The summed E-state index contributed by atoms with van der Waals surface area (Å²) in [7, 11) is 0. The molecule has 1 aromatic carbocycles. The van der Waals surface area contributed by atoms with Gasteiger partial charge in [-0.05, 0) is 18.6 Å². The van der Waals surface area contributed by atoms with E-state index in [1.165, 1.54) is 0 Å². The highest BCUT2D eigenvalue weighted by Crippen LogP contribution is 2.10. The minimum absolute atomic E-state index is 0.0213. The van der Waals surface area contributed by atoms with E-state index in [9.17, 15) is 9.59 Å². The molecule has 0 aliphatic carbocycles. The number of amides is 2. The second kappa shape index (κ2) is 7.05. The molecule has 0 atom stereocenters. The Labute approximate surface area is 118 Å². The number of carbonyl (C=O) groups excluding carboxylic acids is 2. The zero-order valence-corrected chi connectivity index (χ0v) is 11.5. The molecule has 0 radical (unpaired) electrons. The SMILES string of the molecule is O=C(CCCO)N1CCN(C(=O)c2ccccc2)CC1. The Kier molecular flexibility index (Phi) is 5.12. The Morgan fingerprint density at radius 2 is 1.60 bits per heavy atom. The van der Waals surface area contributed by atoms with Crippen LogP contribution < -0.4 is 0 Å². The molecule has 0 saturated carbocycles. The molecule has 2 amide bonds. The van der Waals surface area contributed by atoms with Gasteiger partial charge in [0.25, 0.3) is 5.91 Å². The summed E-state index contributed by atoms with van der Waals surface area (Å²) < 4.78 is 0. The number of aliphatic hydroxyl groups excluding tert-OH is 1. The topological polar surface area (TPSA) is 60.9 Å². The minimum atomic E-state index is 0.0213. The minimum Gasteiger partial charge on any atom is -0.396 e. The summed E-state index contributed by atoms with van der Waals surface area (Å²) >= 11 is 0. The van der Waals surface area contributed by atoms with Crippen LogP contribution in [-0.4, -0.2) is 59.5 Å². The normalized spacial score (nSPS) is 15.2. The Morgan fingerprint density at radius 1 is 1.00 bits per heavy atom. The van der Waals surface area contributed by atoms with Gasteiger partial charge in [-0.3, -0.25) is 9.59 Å². The Hall–Kier alpha value is -1.88. The van der Waals surface area contributed by atoms with Crippen molar-refractivity contribution in [1.82, 2.24) is 9.80 Å². The first-order valence-electron chi connectivity index (χ1n) is 6.95. The lowest BCUT2D eigenvalue weighted by molar-refractivity contribution is -0.132. The first-order chi connectivity index (χ1) is 9.72. The molecule has 2 rings (SSSR count). The fourth-order valence-corrected chi connectivity index (χ4v) is 2.31. The van der Waals surface area contributed by atoms with Crippen LogP contribution in [-0.2, 0) is 4.79 Å². The predicted octanol–water partition coefficient (Wildman–Crippen LogP) is 0.743. The smallest absolute Gasteiger partial charge is 0.253 e. The molecule has 1 aromatic rings. The Balaban J connectivity index is 1.85. The highest BCUT2D eigenvalue weighted by atomic mass is 16.3. The molecule has 1 fully saturated rings. The lowest BCUT2D eigenvalue weighted by Crippen LogP contribution is -2.50. The van der Waals surface area contributed by atoms with E-state index >= 15 is 0 Å². The molecule has 1 aliphatic rings. The maximum Gasteiger partial charge on any atom is 0.253 e. The van der Waals surface area contributed by atoms with Crippen LogP contribution in [0.1, 0.15) is 23.2 Å². The molecule has 1 heterocycles. The molecule has 108 valence electrons. The van der Waals surface area contributed by atoms with Crippen molar-refractivity contribution >= 4 is 11.8 Å². The monoisotopic (exact) mass is 276 g/mol. The molecule has 20 heavy (non-hydrogen) atoms. The summed E-state index contributed by atoms with van der Waals surface area (Å²) in [6, 6.07) is 9.20. The summed E-state index contributed by atoms with van der Waals surface area (Å²) in [4.78, 5) is 27.6. The summed E-state index contributed by atoms with van der Waals surface area (Å²) in [5.41, 5.74) is 0.688. The summed E-state index contributed by atoms with van der Waals surface area (Å²) in [5, 5.41) is 8.73. The predicted molar refractivity (Wildman–Crippen MR) is 75.2 cm³/mol. The number of nitrogens with zero attached hydrogens (tertiary/aromatic N) is 2. The van der Waals surface area contributed by atoms with Crippen LogP contribution in [0.3, 0.4) is 0 Å². The van der Waals surface area contributed by atoms with E-state index < -0.39 is 0 Å². The van der Waals surface area contributed by atoms with Crippen LogP contribution in [0.25, 0.3) is 0 Å². The first-order valence-corrected chi connectivity index (χ1v) is 6.95. The number of hydrogen-bond donors (Lipinski definition) is 1. The van der Waals surface area contributed by atoms with Gasteiger partial charge in [0.15, 0.2) is 0 Å². The van der Waals surface area contributed by atoms with Crippen LogP contribution in [0.5, 0.6) is 0 Å². The van der Waals surface area contributed by atoms with Crippen LogP contribution in [0.15, 0.2) is 30.3 Å². The van der Waals surface area contributed by atoms with E-state index in [-0.39, 0.29) is 18.4 Å². The van der Waals surface area contributed by atoms with Gasteiger partial charge >= 0.3 is 0 Å². The van der Waals surface area contributed by atoms with E-state index in [0.29, 0.717) is 44.6 Å². The summed E-state index contributed by atoms with van der Waals surface area (Å²) in [5.74, 6) is 0.0823. The molecule has 0 aromatic heterocycles. The molecular weight excluding hydrogens is 256 g/mol. The third-order valence-electron chi connectivity index (χ3n) is 3.49. The van der Waals surface area contributed by atoms with Gasteiger partial charge < -0.3 is 14.9 Å². The standard InChI is InChI=1S/C15H20N2O3/c18-12-4-7-14(19)16-8-10-17(11-9-16)15(20)13-5-2-1-3-6-13/h1-3,5-6,18H,4,7-12H2. The van der Waals surface area contributed by atoms with Crippen LogP contribution >= 0.6 is 0 Å². The number of piperazine rings is 1. The molecule has 5 heteroatoms. The molecule has 1 aliphatic heterocycles.